The van der Waals surface area contributed by atoms with Crippen LogP contribution in [0.3, 0.4) is 0 Å². The summed E-state index contributed by atoms with van der Waals surface area (Å²) < 4.78 is 0. The van der Waals surface area contributed by atoms with Crippen LogP contribution in [0.15, 0.2) is 97.1 Å². The van der Waals surface area contributed by atoms with E-state index in [-0.39, 0.29) is 28.4 Å². The summed E-state index contributed by atoms with van der Waals surface area (Å²) in [4.78, 5) is 11.5. The van der Waals surface area contributed by atoms with E-state index in [1.807, 2.05) is 48.5 Å². The number of para-hydroxylation sites is 1. The predicted molar refractivity (Wildman–Crippen MR) is 108 cm³/mol. The summed E-state index contributed by atoms with van der Waals surface area (Å²) in [6, 6.07) is 27.9. The first-order valence-electron chi connectivity index (χ1n) is 9.25. The molecular formula is C24H21NO2. The summed E-state index contributed by atoms with van der Waals surface area (Å²) >= 11 is 0. The highest BCUT2D eigenvalue weighted by atomic mass is 16.6. The van der Waals surface area contributed by atoms with Crippen molar-refractivity contribution in [2.75, 3.05) is 0 Å². The minimum Gasteiger partial charge on any atom is -0.258 e. The van der Waals surface area contributed by atoms with Crippen LogP contribution in [0.25, 0.3) is 0 Å². The maximum atomic E-state index is 11.7. The van der Waals surface area contributed by atoms with E-state index in [9.17, 15) is 10.1 Å². The molecule has 134 valence electrons. The number of nitro groups is 1. The van der Waals surface area contributed by atoms with Gasteiger partial charge in [0.25, 0.3) is 5.69 Å². The van der Waals surface area contributed by atoms with Crippen molar-refractivity contribution in [3.8, 4) is 0 Å². The molecule has 0 aliphatic heterocycles. The molecule has 27 heavy (non-hydrogen) atoms. The lowest BCUT2D eigenvalue weighted by atomic mass is 9.67. The highest BCUT2D eigenvalue weighted by molar-refractivity contribution is 5.48. The van der Waals surface area contributed by atoms with E-state index < -0.39 is 0 Å². The SMILES string of the molecule is O=[N+]([O-])c1ccccc1C1C(c2ccccc2)C=CCC1c1ccccc1. The first kappa shape index (κ1) is 17.2. The monoisotopic (exact) mass is 355 g/mol. The van der Waals surface area contributed by atoms with Gasteiger partial charge in [0.1, 0.15) is 0 Å². The molecule has 0 spiro atoms. The van der Waals surface area contributed by atoms with Gasteiger partial charge in [0.15, 0.2) is 0 Å². The average Bonchev–Trinajstić information content (AvgIpc) is 2.74. The smallest absolute Gasteiger partial charge is 0.258 e. The molecule has 0 fully saturated rings. The Morgan fingerprint density at radius 2 is 1.37 bits per heavy atom. The van der Waals surface area contributed by atoms with Crippen LogP contribution in [0.2, 0.25) is 0 Å². The summed E-state index contributed by atoms with van der Waals surface area (Å²) in [5.41, 5.74) is 3.44. The molecule has 0 radical (unpaired) electrons. The van der Waals surface area contributed by atoms with Crippen LogP contribution in [-0.4, -0.2) is 4.92 Å². The zero-order chi connectivity index (χ0) is 18.6. The van der Waals surface area contributed by atoms with Crippen LogP contribution in [0.1, 0.15) is 40.9 Å². The molecule has 0 heterocycles. The van der Waals surface area contributed by atoms with Crippen molar-refractivity contribution >= 4 is 5.69 Å². The van der Waals surface area contributed by atoms with Crippen molar-refractivity contribution < 1.29 is 4.92 Å². The van der Waals surface area contributed by atoms with Crippen LogP contribution >= 0.6 is 0 Å². The summed E-state index contributed by atoms with van der Waals surface area (Å²) in [5, 5.41) is 11.7. The number of hydrogen-bond donors (Lipinski definition) is 0. The molecule has 3 atom stereocenters. The molecule has 1 aliphatic carbocycles. The van der Waals surface area contributed by atoms with Crippen LogP contribution in [-0.2, 0) is 0 Å². The first-order chi connectivity index (χ1) is 13.3. The summed E-state index contributed by atoms with van der Waals surface area (Å²) in [5.74, 6) is 0.315. The summed E-state index contributed by atoms with van der Waals surface area (Å²) in [6.45, 7) is 0. The number of allylic oxidation sites excluding steroid dienone is 2. The molecule has 3 nitrogen and oxygen atoms in total. The lowest BCUT2D eigenvalue weighted by Gasteiger charge is -2.36. The largest absolute Gasteiger partial charge is 0.272 e. The third kappa shape index (κ3) is 3.41. The van der Waals surface area contributed by atoms with Gasteiger partial charge in [-0.15, -0.1) is 0 Å². The van der Waals surface area contributed by atoms with E-state index in [0.717, 1.165) is 12.0 Å². The van der Waals surface area contributed by atoms with E-state index in [2.05, 4.69) is 36.4 Å². The second-order valence-corrected chi connectivity index (χ2v) is 6.96. The van der Waals surface area contributed by atoms with Crippen LogP contribution in [0, 0.1) is 10.1 Å². The van der Waals surface area contributed by atoms with Gasteiger partial charge in [0.2, 0.25) is 0 Å². The van der Waals surface area contributed by atoms with Crippen LogP contribution < -0.4 is 0 Å². The van der Waals surface area contributed by atoms with Gasteiger partial charge in [0.05, 0.1) is 4.92 Å². The van der Waals surface area contributed by atoms with Crippen molar-refractivity contribution in [1.82, 2.24) is 0 Å². The standard InChI is InChI=1S/C24H21NO2/c26-25(27)23-17-8-7-14-22(23)24-20(18-10-3-1-4-11-18)15-9-16-21(24)19-12-5-2-6-13-19/h1-15,17,20-21,24H,16H2. The number of nitro benzene ring substituents is 1. The highest BCUT2D eigenvalue weighted by Gasteiger charge is 2.37. The van der Waals surface area contributed by atoms with Crippen LogP contribution in [0.4, 0.5) is 5.69 Å². The van der Waals surface area contributed by atoms with E-state index in [4.69, 9.17) is 0 Å². The summed E-state index contributed by atoms with van der Waals surface area (Å²) in [6.07, 6.45) is 5.32. The predicted octanol–water partition coefficient (Wildman–Crippen LogP) is 6.21. The average molecular weight is 355 g/mol. The van der Waals surface area contributed by atoms with E-state index in [1.54, 1.807) is 12.1 Å². The van der Waals surface area contributed by atoms with Crippen molar-refractivity contribution in [2.45, 2.75) is 24.2 Å². The van der Waals surface area contributed by atoms with E-state index in [1.165, 1.54) is 11.1 Å². The molecule has 4 rings (SSSR count). The molecule has 0 aromatic heterocycles. The van der Waals surface area contributed by atoms with Gasteiger partial charge in [-0.1, -0.05) is 91.0 Å². The fourth-order valence-corrected chi connectivity index (χ4v) is 4.27. The molecule has 3 aromatic carbocycles. The van der Waals surface area contributed by atoms with Crippen LogP contribution in [0.5, 0.6) is 0 Å². The van der Waals surface area contributed by atoms with E-state index >= 15 is 0 Å². The van der Waals surface area contributed by atoms with Gasteiger partial charge in [-0.25, -0.2) is 0 Å². The second kappa shape index (κ2) is 7.58. The molecule has 0 saturated carbocycles. The number of hydrogen-bond acceptors (Lipinski definition) is 2. The van der Waals surface area contributed by atoms with Crippen molar-refractivity contribution in [3.05, 3.63) is 124 Å². The molecule has 0 N–H and O–H groups in total. The molecular weight excluding hydrogens is 334 g/mol. The Kier molecular flexibility index (Phi) is 4.84. The number of benzene rings is 3. The third-order valence-corrected chi connectivity index (χ3v) is 5.46. The lowest BCUT2D eigenvalue weighted by Crippen LogP contribution is -2.22. The topological polar surface area (TPSA) is 43.1 Å². The molecule has 3 aromatic rings. The molecule has 1 aliphatic rings. The van der Waals surface area contributed by atoms with Gasteiger partial charge in [0, 0.05) is 23.5 Å². The van der Waals surface area contributed by atoms with Gasteiger partial charge in [-0.2, -0.15) is 0 Å². The van der Waals surface area contributed by atoms with Gasteiger partial charge < -0.3 is 0 Å². The Morgan fingerprint density at radius 3 is 2.04 bits per heavy atom. The third-order valence-electron chi connectivity index (χ3n) is 5.46. The minimum atomic E-state index is -0.252. The summed E-state index contributed by atoms with van der Waals surface area (Å²) in [7, 11) is 0. The second-order valence-electron chi connectivity index (χ2n) is 6.96. The molecule has 0 amide bonds. The fraction of sp³-hybridized carbons (Fsp3) is 0.167. The molecule has 0 saturated heterocycles. The maximum Gasteiger partial charge on any atom is 0.272 e. The fourth-order valence-electron chi connectivity index (χ4n) is 4.27. The molecule has 3 heteroatoms. The van der Waals surface area contributed by atoms with Gasteiger partial charge in [-0.3, -0.25) is 10.1 Å². The van der Waals surface area contributed by atoms with Crippen molar-refractivity contribution in [3.63, 3.8) is 0 Å². The van der Waals surface area contributed by atoms with Gasteiger partial charge in [-0.05, 0) is 23.5 Å². The first-order valence-corrected chi connectivity index (χ1v) is 9.25. The molecule has 0 bridgehead atoms. The lowest BCUT2D eigenvalue weighted by molar-refractivity contribution is -0.385. The Bertz CT molecular complexity index is 950. The number of rotatable bonds is 4. The molecule has 3 unspecified atom stereocenters. The minimum absolute atomic E-state index is 0.0152. The van der Waals surface area contributed by atoms with E-state index in [0.29, 0.717) is 0 Å². The highest BCUT2D eigenvalue weighted by Crippen LogP contribution is 2.50. The Labute approximate surface area is 159 Å². The Morgan fingerprint density at radius 1 is 0.778 bits per heavy atom. The zero-order valence-corrected chi connectivity index (χ0v) is 14.9. The Balaban J connectivity index is 1.89. The normalized spacial score (nSPS) is 21.7. The maximum absolute atomic E-state index is 11.7. The van der Waals surface area contributed by atoms with Gasteiger partial charge >= 0.3 is 0 Å². The Hall–Kier alpha value is -3.20. The quantitative estimate of drug-likeness (QED) is 0.317. The zero-order valence-electron chi connectivity index (χ0n) is 14.9. The van der Waals surface area contributed by atoms with Crippen molar-refractivity contribution in [1.29, 1.82) is 0 Å². The van der Waals surface area contributed by atoms with Crippen molar-refractivity contribution in [2.24, 2.45) is 0 Å². The number of nitrogens with zero attached hydrogens (tertiary/aromatic N) is 1.